The van der Waals surface area contributed by atoms with E-state index in [9.17, 15) is 9.59 Å². The van der Waals surface area contributed by atoms with Gasteiger partial charge in [0.15, 0.2) is 0 Å². The van der Waals surface area contributed by atoms with E-state index in [2.05, 4.69) is 10.3 Å². The number of thiazole rings is 1. The summed E-state index contributed by atoms with van der Waals surface area (Å²) in [5, 5.41) is 14.2. The molecule has 0 radical (unpaired) electrons. The van der Waals surface area contributed by atoms with Gasteiger partial charge in [-0.25, -0.2) is 9.78 Å². The Balaban J connectivity index is 1.84. The molecule has 0 fully saturated rings. The number of hydrogen-bond acceptors (Lipinski definition) is 5. The molecule has 0 atom stereocenters. The number of rotatable bonds is 6. The van der Waals surface area contributed by atoms with Crippen LogP contribution in [-0.4, -0.2) is 22.0 Å². The molecule has 0 saturated heterocycles. The number of carboxylic acids is 1. The fourth-order valence-electron chi connectivity index (χ4n) is 1.72. The van der Waals surface area contributed by atoms with Crippen molar-refractivity contribution in [2.24, 2.45) is 5.73 Å². The van der Waals surface area contributed by atoms with Gasteiger partial charge in [0.05, 0.1) is 17.7 Å². The van der Waals surface area contributed by atoms with Gasteiger partial charge in [-0.3, -0.25) is 4.79 Å². The van der Waals surface area contributed by atoms with Crippen LogP contribution in [0.4, 0.5) is 0 Å². The minimum atomic E-state index is -0.968. The van der Waals surface area contributed by atoms with Gasteiger partial charge in [0.1, 0.15) is 5.01 Å². The Hall–Kier alpha value is -2.25. The van der Waals surface area contributed by atoms with Crippen molar-refractivity contribution in [3.63, 3.8) is 0 Å². The molecule has 0 unspecified atom stereocenters. The van der Waals surface area contributed by atoms with Gasteiger partial charge in [-0.2, -0.15) is 0 Å². The van der Waals surface area contributed by atoms with Crippen molar-refractivity contribution in [3.05, 3.63) is 51.5 Å². The van der Waals surface area contributed by atoms with Crippen LogP contribution in [0, 0.1) is 0 Å². The summed E-state index contributed by atoms with van der Waals surface area (Å²) in [6.45, 7) is 0.731. The Morgan fingerprint density at radius 2 is 2.00 bits per heavy atom. The second-order valence-electron chi connectivity index (χ2n) is 4.39. The average Bonchev–Trinajstić information content (AvgIpc) is 2.93. The lowest BCUT2D eigenvalue weighted by atomic mass is 10.1. The molecule has 1 aromatic carbocycles. The van der Waals surface area contributed by atoms with Crippen molar-refractivity contribution < 1.29 is 14.7 Å². The lowest BCUT2D eigenvalue weighted by molar-refractivity contribution is -0.120. The van der Waals surface area contributed by atoms with Crippen molar-refractivity contribution in [1.82, 2.24) is 10.3 Å². The number of aromatic nitrogens is 1. The molecule has 0 aliphatic carbocycles. The highest BCUT2D eigenvalue weighted by Crippen LogP contribution is 2.09. The van der Waals surface area contributed by atoms with Crippen LogP contribution in [0.3, 0.4) is 0 Å². The molecule has 4 N–H and O–H groups in total. The molecule has 21 heavy (non-hydrogen) atoms. The normalized spacial score (nSPS) is 10.3. The van der Waals surface area contributed by atoms with Crippen LogP contribution in [0.1, 0.15) is 26.6 Å². The molecular formula is C14H15N3O3S. The lowest BCUT2D eigenvalue weighted by Gasteiger charge is -2.04. The molecule has 0 bridgehead atoms. The van der Waals surface area contributed by atoms with Crippen molar-refractivity contribution in [3.8, 4) is 0 Å². The molecule has 2 rings (SSSR count). The number of hydrogen-bond donors (Lipinski definition) is 3. The third kappa shape index (κ3) is 4.37. The van der Waals surface area contributed by atoms with Gasteiger partial charge in [-0.05, 0) is 17.7 Å². The molecular weight excluding hydrogens is 290 g/mol. The summed E-state index contributed by atoms with van der Waals surface area (Å²) in [7, 11) is 0. The van der Waals surface area contributed by atoms with E-state index in [0.29, 0.717) is 18.8 Å². The second kappa shape index (κ2) is 6.96. The Kier molecular flexibility index (Phi) is 5.02. The van der Waals surface area contributed by atoms with E-state index in [1.807, 2.05) is 5.38 Å². The molecule has 7 heteroatoms. The first-order chi connectivity index (χ1) is 10.1. The highest BCUT2D eigenvalue weighted by atomic mass is 32.1. The summed E-state index contributed by atoms with van der Waals surface area (Å²) in [6.07, 6.45) is 0.212. The first kappa shape index (κ1) is 15.1. The highest BCUT2D eigenvalue weighted by Gasteiger charge is 2.07. The molecule has 1 aromatic heterocycles. The van der Waals surface area contributed by atoms with Crippen LogP contribution in [0.25, 0.3) is 0 Å². The minimum Gasteiger partial charge on any atom is -0.478 e. The van der Waals surface area contributed by atoms with Crippen LogP contribution in [0.15, 0.2) is 29.6 Å². The van der Waals surface area contributed by atoms with Gasteiger partial charge < -0.3 is 16.2 Å². The summed E-state index contributed by atoms with van der Waals surface area (Å²) < 4.78 is 0. The molecule has 2 aromatic rings. The molecule has 1 amide bonds. The van der Waals surface area contributed by atoms with Gasteiger partial charge in [-0.15, -0.1) is 11.3 Å². The van der Waals surface area contributed by atoms with Crippen molar-refractivity contribution in [1.29, 1.82) is 0 Å². The molecule has 6 nitrogen and oxygen atoms in total. The minimum absolute atomic E-state index is 0.133. The first-order valence-electron chi connectivity index (χ1n) is 6.30. The summed E-state index contributed by atoms with van der Waals surface area (Å²) in [6, 6.07) is 6.38. The Morgan fingerprint density at radius 3 is 2.57 bits per heavy atom. The van der Waals surface area contributed by atoms with E-state index in [4.69, 9.17) is 10.8 Å². The highest BCUT2D eigenvalue weighted by molar-refractivity contribution is 7.09. The third-order valence-electron chi connectivity index (χ3n) is 2.81. The zero-order valence-electron chi connectivity index (χ0n) is 11.2. The number of nitrogens with zero attached hydrogens (tertiary/aromatic N) is 1. The first-order valence-corrected chi connectivity index (χ1v) is 7.18. The van der Waals surface area contributed by atoms with E-state index in [1.54, 1.807) is 12.1 Å². The largest absolute Gasteiger partial charge is 0.478 e. The van der Waals surface area contributed by atoms with Crippen molar-refractivity contribution in [2.75, 3.05) is 0 Å². The van der Waals surface area contributed by atoms with Gasteiger partial charge in [0.25, 0.3) is 0 Å². The molecule has 0 aliphatic rings. The van der Waals surface area contributed by atoms with Crippen LogP contribution >= 0.6 is 11.3 Å². The topological polar surface area (TPSA) is 105 Å². The van der Waals surface area contributed by atoms with Crippen LogP contribution < -0.4 is 11.1 Å². The van der Waals surface area contributed by atoms with E-state index in [0.717, 1.165) is 10.6 Å². The summed E-state index contributed by atoms with van der Waals surface area (Å²) in [5.74, 6) is -1.10. The number of amides is 1. The molecule has 0 aliphatic heterocycles. The Morgan fingerprint density at radius 1 is 1.29 bits per heavy atom. The van der Waals surface area contributed by atoms with Gasteiger partial charge in [0.2, 0.25) is 5.91 Å². The van der Waals surface area contributed by atoms with E-state index in [1.165, 1.54) is 23.5 Å². The average molecular weight is 305 g/mol. The van der Waals surface area contributed by atoms with Crippen molar-refractivity contribution >= 4 is 23.2 Å². The number of carboxylic acid groups (broad SMARTS) is 1. The van der Waals surface area contributed by atoms with Crippen LogP contribution in [0.5, 0.6) is 0 Å². The van der Waals surface area contributed by atoms with Gasteiger partial charge in [0, 0.05) is 18.5 Å². The van der Waals surface area contributed by atoms with Crippen LogP contribution in [-0.2, 0) is 24.3 Å². The molecule has 0 saturated carbocycles. The number of carbonyl (C=O) groups is 2. The standard InChI is InChI=1S/C14H15N3O3S/c15-6-13-17-11(8-21-13)5-12(18)16-7-9-1-3-10(4-2-9)14(19)20/h1-4,8H,5-7,15H2,(H,16,18)(H,19,20). The number of aromatic carboxylic acids is 1. The monoisotopic (exact) mass is 305 g/mol. The zero-order valence-corrected chi connectivity index (χ0v) is 12.0. The van der Waals surface area contributed by atoms with E-state index in [-0.39, 0.29) is 17.9 Å². The molecule has 0 spiro atoms. The number of nitrogens with two attached hydrogens (primary N) is 1. The third-order valence-corrected chi connectivity index (χ3v) is 3.73. The Labute approximate surface area is 125 Å². The Bertz CT molecular complexity index is 637. The summed E-state index contributed by atoms with van der Waals surface area (Å²) in [4.78, 5) is 26.7. The lowest BCUT2D eigenvalue weighted by Crippen LogP contribution is -2.24. The maximum atomic E-state index is 11.8. The predicted octanol–water partition coefficient (Wildman–Crippen LogP) is 1.16. The number of benzene rings is 1. The SMILES string of the molecule is NCc1nc(CC(=O)NCc2ccc(C(=O)O)cc2)cs1. The smallest absolute Gasteiger partial charge is 0.335 e. The predicted molar refractivity (Wildman–Crippen MR) is 79.0 cm³/mol. The fourth-order valence-corrected chi connectivity index (χ4v) is 2.39. The van der Waals surface area contributed by atoms with Crippen molar-refractivity contribution in [2.45, 2.75) is 19.5 Å². The fraction of sp³-hybridized carbons (Fsp3) is 0.214. The maximum Gasteiger partial charge on any atom is 0.335 e. The van der Waals surface area contributed by atoms with Gasteiger partial charge >= 0.3 is 5.97 Å². The molecule has 1 heterocycles. The van der Waals surface area contributed by atoms with E-state index >= 15 is 0 Å². The summed E-state index contributed by atoms with van der Waals surface area (Å²) in [5.41, 5.74) is 7.24. The second-order valence-corrected chi connectivity index (χ2v) is 5.33. The quantitative estimate of drug-likeness (QED) is 0.742. The molecule has 110 valence electrons. The number of nitrogens with one attached hydrogen (secondary N) is 1. The maximum absolute atomic E-state index is 11.8. The zero-order chi connectivity index (χ0) is 15.2. The van der Waals surface area contributed by atoms with Crippen LogP contribution in [0.2, 0.25) is 0 Å². The summed E-state index contributed by atoms with van der Waals surface area (Å²) >= 11 is 1.44. The van der Waals surface area contributed by atoms with Gasteiger partial charge in [-0.1, -0.05) is 12.1 Å². The van der Waals surface area contributed by atoms with E-state index < -0.39 is 5.97 Å². The number of carbonyl (C=O) groups excluding carboxylic acids is 1.